The molecule has 1 atom stereocenters. The highest BCUT2D eigenvalue weighted by molar-refractivity contribution is 5.91. The second kappa shape index (κ2) is 9.66. The molecule has 4 rings (SSSR count). The first kappa shape index (κ1) is 22.2. The monoisotopic (exact) mass is 451 g/mol. The van der Waals surface area contributed by atoms with Crippen LogP contribution in [0.5, 0.6) is 11.5 Å². The number of methoxy groups -OCH3 is 1. The molecule has 2 aromatic carbocycles. The van der Waals surface area contributed by atoms with Gasteiger partial charge in [0.2, 0.25) is 0 Å². The minimum absolute atomic E-state index is 0.0346. The highest BCUT2D eigenvalue weighted by Crippen LogP contribution is 2.31. The van der Waals surface area contributed by atoms with Crippen molar-refractivity contribution < 1.29 is 28.5 Å². The van der Waals surface area contributed by atoms with Gasteiger partial charge in [0.25, 0.3) is 0 Å². The molecule has 170 valence electrons. The van der Waals surface area contributed by atoms with Gasteiger partial charge in [0.05, 0.1) is 12.2 Å². The van der Waals surface area contributed by atoms with Gasteiger partial charge < -0.3 is 24.3 Å². The standard InChI is InChI=1S/C24H22FN3O5/c1-14(12-31-2)33-19-8-16(7-18(10-19)32-13-15-5-3-4-6-20(15)25)22-27-21-9-17(24(29)30)11-26-23(21)28-22/h3-11,14H,12-13H2,1-2H3,(H,29,30)(H,26,27,28)/t14-/m0/s1. The van der Waals surface area contributed by atoms with E-state index in [4.69, 9.17) is 14.2 Å². The first-order valence-corrected chi connectivity index (χ1v) is 10.2. The van der Waals surface area contributed by atoms with Gasteiger partial charge in [0.1, 0.15) is 41.4 Å². The third kappa shape index (κ3) is 5.27. The lowest BCUT2D eigenvalue weighted by atomic mass is 10.2. The molecule has 2 N–H and O–H groups in total. The zero-order valence-electron chi connectivity index (χ0n) is 18.0. The van der Waals surface area contributed by atoms with Crippen molar-refractivity contribution in [1.82, 2.24) is 15.0 Å². The number of nitrogens with zero attached hydrogens (tertiary/aromatic N) is 2. The molecule has 0 aliphatic carbocycles. The molecular formula is C24H22FN3O5. The van der Waals surface area contributed by atoms with Crippen molar-refractivity contribution in [2.24, 2.45) is 0 Å². The summed E-state index contributed by atoms with van der Waals surface area (Å²) in [4.78, 5) is 22.9. The Balaban J connectivity index is 1.68. The number of carboxylic acids is 1. The minimum atomic E-state index is -1.08. The second-order valence-electron chi connectivity index (χ2n) is 7.44. The number of fused-ring (bicyclic) bond motifs is 1. The van der Waals surface area contributed by atoms with Crippen molar-refractivity contribution in [2.45, 2.75) is 19.6 Å². The molecule has 2 aromatic heterocycles. The van der Waals surface area contributed by atoms with E-state index in [0.29, 0.717) is 46.2 Å². The first-order chi connectivity index (χ1) is 15.9. The van der Waals surface area contributed by atoms with Crippen LogP contribution in [0, 0.1) is 5.82 Å². The van der Waals surface area contributed by atoms with E-state index in [-0.39, 0.29) is 24.1 Å². The molecule has 8 nitrogen and oxygen atoms in total. The van der Waals surface area contributed by atoms with Crippen molar-refractivity contribution in [3.63, 3.8) is 0 Å². The van der Waals surface area contributed by atoms with E-state index < -0.39 is 5.97 Å². The SMILES string of the molecule is COC[C@H](C)Oc1cc(OCc2ccccc2F)cc(-c2nc3cc(C(=O)O)cnc3[nH]2)c1. The minimum Gasteiger partial charge on any atom is -0.489 e. The molecule has 33 heavy (non-hydrogen) atoms. The maximum Gasteiger partial charge on any atom is 0.337 e. The largest absolute Gasteiger partial charge is 0.489 e. The van der Waals surface area contributed by atoms with Crippen molar-refractivity contribution in [3.8, 4) is 22.9 Å². The number of benzene rings is 2. The van der Waals surface area contributed by atoms with Crippen molar-refractivity contribution in [2.75, 3.05) is 13.7 Å². The number of pyridine rings is 1. The van der Waals surface area contributed by atoms with Crippen LogP contribution >= 0.6 is 0 Å². The van der Waals surface area contributed by atoms with Crippen LogP contribution in [-0.2, 0) is 11.3 Å². The fourth-order valence-corrected chi connectivity index (χ4v) is 3.29. The van der Waals surface area contributed by atoms with Gasteiger partial charge in [-0.2, -0.15) is 0 Å². The Bertz CT molecular complexity index is 1290. The molecule has 0 amide bonds. The molecule has 0 fully saturated rings. The number of aromatic carboxylic acids is 1. The summed E-state index contributed by atoms with van der Waals surface area (Å²) in [5, 5.41) is 9.19. The fourth-order valence-electron chi connectivity index (χ4n) is 3.29. The molecule has 0 saturated heterocycles. The normalized spacial score (nSPS) is 12.0. The van der Waals surface area contributed by atoms with Crippen LogP contribution in [0.25, 0.3) is 22.6 Å². The Morgan fingerprint density at radius 2 is 1.97 bits per heavy atom. The van der Waals surface area contributed by atoms with Gasteiger partial charge in [-0.05, 0) is 31.2 Å². The molecule has 4 aromatic rings. The Hall–Kier alpha value is -3.98. The number of hydrogen-bond acceptors (Lipinski definition) is 6. The average Bonchev–Trinajstić information content (AvgIpc) is 3.22. The number of halogens is 1. The maximum absolute atomic E-state index is 14.0. The quantitative estimate of drug-likeness (QED) is 0.387. The topological polar surface area (TPSA) is 107 Å². The van der Waals surface area contributed by atoms with E-state index >= 15 is 0 Å². The van der Waals surface area contributed by atoms with E-state index in [1.54, 1.807) is 43.5 Å². The summed E-state index contributed by atoms with van der Waals surface area (Å²) in [6.45, 7) is 2.30. The summed E-state index contributed by atoms with van der Waals surface area (Å²) >= 11 is 0. The molecule has 0 radical (unpaired) electrons. The summed E-state index contributed by atoms with van der Waals surface area (Å²) in [5.41, 5.74) is 1.96. The van der Waals surface area contributed by atoms with Crippen LogP contribution < -0.4 is 9.47 Å². The van der Waals surface area contributed by atoms with Crippen LogP contribution in [0.1, 0.15) is 22.8 Å². The maximum atomic E-state index is 14.0. The highest BCUT2D eigenvalue weighted by Gasteiger charge is 2.14. The molecule has 0 saturated carbocycles. The molecule has 0 aliphatic rings. The lowest BCUT2D eigenvalue weighted by Gasteiger charge is -2.16. The summed E-state index contributed by atoms with van der Waals surface area (Å²) in [6.07, 6.45) is 1.04. The van der Waals surface area contributed by atoms with Gasteiger partial charge in [-0.1, -0.05) is 18.2 Å². The molecule has 0 spiro atoms. The molecular weight excluding hydrogens is 429 g/mol. The smallest absolute Gasteiger partial charge is 0.337 e. The van der Waals surface area contributed by atoms with Crippen LogP contribution in [0.2, 0.25) is 0 Å². The first-order valence-electron chi connectivity index (χ1n) is 10.2. The van der Waals surface area contributed by atoms with Gasteiger partial charge in [-0.3, -0.25) is 0 Å². The Labute approximate surface area is 189 Å². The molecule has 0 unspecified atom stereocenters. The van der Waals surface area contributed by atoms with Gasteiger partial charge in [0, 0.05) is 30.5 Å². The number of ether oxygens (including phenoxy) is 3. The Morgan fingerprint density at radius 3 is 2.73 bits per heavy atom. The number of nitrogens with one attached hydrogen (secondary N) is 1. The lowest BCUT2D eigenvalue weighted by Crippen LogP contribution is -2.18. The summed E-state index contributed by atoms with van der Waals surface area (Å²) < 4.78 is 30.9. The van der Waals surface area contributed by atoms with Crippen molar-refractivity contribution in [1.29, 1.82) is 0 Å². The zero-order chi connectivity index (χ0) is 23.4. The van der Waals surface area contributed by atoms with E-state index in [9.17, 15) is 14.3 Å². The highest BCUT2D eigenvalue weighted by atomic mass is 19.1. The van der Waals surface area contributed by atoms with Gasteiger partial charge in [-0.15, -0.1) is 0 Å². The number of H-pyrrole nitrogens is 1. The summed E-state index contributed by atoms with van der Waals surface area (Å²) in [7, 11) is 1.59. The lowest BCUT2D eigenvalue weighted by molar-refractivity contribution is 0.0696. The number of carbonyl (C=O) groups is 1. The number of hydrogen-bond donors (Lipinski definition) is 2. The predicted octanol–water partition coefficient (Wildman–Crippen LogP) is 4.45. The van der Waals surface area contributed by atoms with E-state index in [0.717, 1.165) is 0 Å². The number of rotatable bonds is 9. The number of aromatic amines is 1. The van der Waals surface area contributed by atoms with E-state index in [1.165, 1.54) is 18.3 Å². The molecule has 0 aliphatic heterocycles. The van der Waals surface area contributed by atoms with Crippen LogP contribution in [0.3, 0.4) is 0 Å². The van der Waals surface area contributed by atoms with Crippen molar-refractivity contribution >= 4 is 17.1 Å². The van der Waals surface area contributed by atoms with Crippen LogP contribution in [0.4, 0.5) is 4.39 Å². The molecule has 2 heterocycles. The number of aromatic nitrogens is 3. The van der Waals surface area contributed by atoms with Gasteiger partial charge in [-0.25, -0.2) is 19.2 Å². The number of imidazole rings is 1. The fraction of sp³-hybridized carbons (Fsp3) is 0.208. The van der Waals surface area contributed by atoms with Gasteiger partial charge >= 0.3 is 5.97 Å². The van der Waals surface area contributed by atoms with E-state index in [2.05, 4.69) is 15.0 Å². The molecule has 0 bridgehead atoms. The Morgan fingerprint density at radius 1 is 1.18 bits per heavy atom. The van der Waals surface area contributed by atoms with E-state index in [1.807, 2.05) is 6.92 Å². The average molecular weight is 451 g/mol. The van der Waals surface area contributed by atoms with Crippen molar-refractivity contribution in [3.05, 3.63) is 71.7 Å². The third-order valence-electron chi connectivity index (χ3n) is 4.83. The second-order valence-corrected chi connectivity index (χ2v) is 7.44. The predicted molar refractivity (Wildman–Crippen MR) is 119 cm³/mol. The summed E-state index contributed by atoms with van der Waals surface area (Å²) in [6, 6.07) is 13.1. The Kier molecular flexibility index (Phi) is 6.50. The van der Waals surface area contributed by atoms with Crippen LogP contribution in [-0.4, -0.2) is 45.8 Å². The molecule has 9 heteroatoms. The van der Waals surface area contributed by atoms with Gasteiger partial charge in [0.15, 0.2) is 5.65 Å². The third-order valence-corrected chi connectivity index (χ3v) is 4.83. The van der Waals surface area contributed by atoms with Crippen LogP contribution in [0.15, 0.2) is 54.7 Å². The zero-order valence-corrected chi connectivity index (χ0v) is 18.0. The summed E-state index contributed by atoms with van der Waals surface area (Å²) in [5.74, 6) is -0.00685. The number of carboxylic acid groups (broad SMARTS) is 1.